The number of anilines is 2. The van der Waals surface area contributed by atoms with E-state index in [4.69, 9.17) is 11.5 Å². The maximum Gasteiger partial charge on any atom is 0.114 e. The van der Waals surface area contributed by atoms with Crippen molar-refractivity contribution in [3.05, 3.63) is 55.0 Å². The van der Waals surface area contributed by atoms with Crippen molar-refractivity contribution in [2.24, 2.45) is 0 Å². The summed E-state index contributed by atoms with van der Waals surface area (Å²) in [5, 5.41) is 0. The van der Waals surface area contributed by atoms with Crippen LogP contribution in [-0.4, -0.2) is 15.0 Å². The molecule has 0 radical (unpaired) electrons. The zero-order chi connectivity index (χ0) is 13.9. The number of aromatic nitrogens is 3. The lowest BCUT2D eigenvalue weighted by Crippen LogP contribution is -2.01. The van der Waals surface area contributed by atoms with Gasteiger partial charge in [0.2, 0.25) is 0 Å². The molecular weight excluding hydrogens is 250 g/mol. The summed E-state index contributed by atoms with van der Waals surface area (Å²) in [6.45, 7) is 0. The number of nitrogens with zero attached hydrogens (tertiary/aromatic N) is 3. The van der Waals surface area contributed by atoms with Gasteiger partial charge in [0.05, 0.1) is 17.1 Å². The number of hydrogen-bond donors (Lipinski definition) is 2. The molecular formula is C15H13N5. The second kappa shape index (κ2) is 4.97. The Balaban J connectivity index is 2.23. The Morgan fingerprint density at radius 1 is 0.700 bits per heavy atom. The molecule has 0 amide bonds. The van der Waals surface area contributed by atoms with Crippen LogP contribution in [0.5, 0.6) is 0 Å². The van der Waals surface area contributed by atoms with Crippen molar-refractivity contribution in [3.8, 4) is 22.6 Å². The molecule has 3 aromatic heterocycles. The zero-order valence-electron chi connectivity index (χ0n) is 10.7. The number of rotatable bonds is 2. The van der Waals surface area contributed by atoms with Crippen LogP contribution < -0.4 is 11.5 Å². The quantitative estimate of drug-likeness (QED) is 0.740. The van der Waals surface area contributed by atoms with Gasteiger partial charge in [0.1, 0.15) is 11.4 Å². The van der Waals surface area contributed by atoms with Gasteiger partial charge in [-0.05, 0) is 30.3 Å². The molecule has 0 atom stereocenters. The third-order valence-corrected chi connectivity index (χ3v) is 3.00. The third kappa shape index (κ3) is 2.05. The Bertz CT molecular complexity index is 740. The van der Waals surface area contributed by atoms with E-state index < -0.39 is 0 Å². The molecule has 3 heterocycles. The van der Waals surface area contributed by atoms with Crippen LogP contribution in [-0.2, 0) is 0 Å². The normalized spacial score (nSPS) is 10.4. The van der Waals surface area contributed by atoms with Crippen molar-refractivity contribution in [1.82, 2.24) is 15.0 Å². The lowest BCUT2D eigenvalue weighted by atomic mass is 10.1. The molecule has 0 spiro atoms. The van der Waals surface area contributed by atoms with Crippen LogP contribution in [0.3, 0.4) is 0 Å². The van der Waals surface area contributed by atoms with Crippen LogP contribution >= 0.6 is 0 Å². The zero-order valence-corrected chi connectivity index (χ0v) is 10.7. The molecule has 0 saturated heterocycles. The minimum atomic E-state index is 0.434. The molecule has 5 heteroatoms. The molecule has 3 aromatic rings. The van der Waals surface area contributed by atoms with Crippen LogP contribution in [0, 0.1) is 0 Å². The molecule has 3 rings (SSSR count). The molecule has 0 aliphatic heterocycles. The first-order valence-corrected chi connectivity index (χ1v) is 6.14. The summed E-state index contributed by atoms with van der Waals surface area (Å²) >= 11 is 0. The van der Waals surface area contributed by atoms with E-state index in [0.717, 1.165) is 11.3 Å². The Hall–Kier alpha value is -2.95. The first-order valence-electron chi connectivity index (χ1n) is 6.14. The van der Waals surface area contributed by atoms with Crippen molar-refractivity contribution in [1.29, 1.82) is 0 Å². The van der Waals surface area contributed by atoms with Crippen molar-refractivity contribution in [3.63, 3.8) is 0 Å². The van der Waals surface area contributed by atoms with Gasteiger partial charge in [-0.15, -0.1) is 0 Å². The standard InChI is InChI=1S/C15H13N5/c16-11-6-9-20-15(13(11)17)14-10(4-3-8-19-14)12-5-1-2-7-18-12/h1-9H,17H2,(H2,16,20). The largest absolute Gasteiger partial charge is 0.397 e. The smallest absolute Gasteiger partial charge is 0.114 e. The van der Waals surface area contributed by atoms with Gasteiger partial charge >= 0.3 is 0 Å². The molecule has 0 aromatic carbocycles. The molecule has 0 aliphatic rings. The van der Waals surface area contributed by atoms with E-state index in [-0.39, 0.29) is 0 Å². The Kier molecular flexibility index (Phi) is 3.01. The summed E-state index contributed by atoms with van der Waals surface area (Å²) in [5.74, 6) is 0. The minimum absolute atomic E-state index is 0.434. The summed E-state index contributed by atoms with van der Waals surface area (Å²) < 4.78 is 0. The van der Waals surface area contributed by atoms with Crippen LogP contribution in [0.15, 0.2) is 55.0 Å². The fourth-order valence-corrected chi connectivity index (χ4v) is 2.00. The summed E-state index contributed by atoms with van der Waals surface area (Å²) in [5.41, 5.74) is 15.7. The van der Waals surface area contributed by atoms with Gasteiger partial charge in [-0.25, -0.2) is 0 Å². The van der Waals surface area contributed by atoms with Crippen molar-refractivity contribution in [2.45, 2.75) is 0 Å². The topological polar surface area (TPSA) is 90.7 Å². The van der Waals surface area contributed by atoms with E-state index in [2.05, 4.69) is 15.0 Å². The number of nitrogens with two attached hydrogens (primary N) is 2. The summed E-state index contributed by atoms with van der Waals surface area (Å²) in [4.78, 5) is 13.0. The molecule has 0 fully saturated rings. The summed E-state index contributed by atoms with van der Waals surface area (Å²) in [7, 11) is 0. The molecule has 20 heavy (non-hydrogen) atoms. The fraction of sp³-hybridized carbons (Fsp3) is 0. The Labute approximate surface area is 116 Å². The SMILES string of the molecule is Nc1ccnc(-c2ncccc2-c2ccccn2)c1N. The lowest BCUT2D eigenvalue weighted by molar-refractivity contribution is 1.23. The van der Waals surface area contributed by atoms with Crippen molar-refractivity contribution in [2.75, 3.05) is 11.5 Å². The highest BCUT2D eigenvalue weighted by Gasteiger charge is 2.14. The third-order valence-electron chi connectivity index (χ3n) is 3.00. The van der Waals surface area contributed by atoms with Crippen molar-refractivity contribution >= 4 is 11.4 Å². The van der Waals surface area contributed by atoms with E-state index in [1.807, 2.05) is 30.3 Å². The summed E-state index contributed by atoms with van der Waals surface area (Å²) in [6.07, 6.45) is 5.06. The highest BCUT2D eigenvalue weighted by atomic mass is 14.8. The van der Waals surface area contributed by atoms with E-state index in [0.29, 0.717) is 22.8 Å². The maximum atomic E-state index is 6.01. The second-order valence-electron chi connectivity index (χ2n) is 4.28. The van der Waals surface area contributed by atoms with E-state index in [1.165, 1.54) is 0 Å². The average Bonchev–Trinajstić information content (AvgIpc) is 2.51. The maximum absolute atomic E-state index is 6.01. The van der Waals surface area contributed by atoms with Crippen LogP contribution in [0.4, 0.5) is 11.4 Å². The summed E-state index contributed by atoms with van der Waals surface area (Å²) in [6, 6.07) is 11.2. The second-order valence-corrected chi connectivity index (χ2v) is 4.28. The lowest BCUT2D eigenvalue weighted by Gasteiger charge is -2.10. The predicted octanol–water partition coefficient (Wildman–Crippen LogP) is 2.37. The first-order chi connectivity index (χ1) is 9.77. The van der Waals surface area contributed by atoms with Gasteiger partial charge in [-0.1, -0.05) is 6.07 Å². The monoisotopic (exact) mass is 263 g/mol. The van der Waals surface area contributed by atoms with Crippen LogP contribution in [0.2, 0.25) is 0 Å². The van der Waals surface area contributed by atoms with E-state index in [1.54, 1.807) is 24.7 Å². The molecule has 0 aliphatic carbocycles. The molecule has 0 bridgehead atoms. The molecule has 5 nitrogen and oxygen atoms in total. The van der Waals surface area contributed by atoms with Gasteiger partial charge in [0.25, 0.3) is 0 Å². The van der Waals surface area contributed by atoms with E-state index in [9.17, 15) is 0 Å². The Morgan fingerprint density at radius 3 is 2.30 bits per heavy atom. The van der Waals surface area contributed by atoms with Gasteiger partial charge in [-0.3, -0.25) is 15.0 Å². The van der Waals surface area contributed by atoms with Gasteiger partial charge < -0.3 is 11.5 Å². The molecule has 0 unspecified atom stereocenters. The molecule has 98 valence electrons. The highest BCUT2D eigenvalue weighted by molar-refractivity contribution is 5.86. The molecule has 0 saturated carbocycles. The van der Waals surface area contributed by atoms with Crippen LogP contribution in [0.25, 0.3) is 22.6 Å². The number of hydrogen-bond acceptors (Lipinski definition) is 5. The fourth-order valence-electron chi connectivity index (χ4n) is 2.00. The van der Waals surface area contributed by atoms with E-state index >= 15 is 0 Å². The van der Waals surface area contributed by atoms with Crippen molar-refractivity contribution < 1.29 is 0 Å². The van der Waals surface area contributed by atoms with Gasteiger partial charge in [-0.2, -0.15) is 0 Å². The highest BCUT2D eigenvalue weighted by Crippen LogP contribution is 2.32. The number of nitrogen functional groups attached to an aromatic ring is 2. The van der Waals surface area contributed by atoms with Gasteiger partial charge in [0.15, 0.2) is 0 Å². The molecule has 4 N–H and O–H groups in total. The first kappa shape index (κ1) is 12.1. The average molecular weight is 263 g/mol. The minimum Gasteiger partial charge on any atom is -0.397 e. The number of pyridine rings is 3. The Morgan fingerprint density at radius 2 is 1.50 bits per heavy atom. The predicted molar refractivity (Wildman–Crippen MR) is 79.5 cm³/mol. The van der Waals surface area contributed by atoms with Crippen LogP contribution in [0.1, 0.15) is 0 Å². The van der Waals surface area contributed by atoms with Gasteiger partial charge in [0, 0.05) is 24.2 Å².